The van der Waals surface area contributed by atoms with Crippen LogP contribution in [0.3, 0.4) is 0 Å². The van der Waals surface area contributed by atoms with Crippen molar-refractivity contribution in [1.29, 1.82) is 0 Å². The summed E-state index contributed by atoms with van der Waals surface area (Å²) in [6.07, 6.45) is 3.33. The minimum absolute atomic E-state index is 0.369. The molecule has 6 nitrogen and oxygen atoms in total. The first-order valence-electron chi connectivity index (χ1n) is 4.99. The molecule has 0 fully saturated rings. The first kappa shape index (κ1) is 9.65. The molecule has 0 aliphatic carbocycles. The van der Waals surface area contributed by atoms with E-state index in [1.165, 1.54) is 0 Å². The van der Waals surface area contributed by atoms with Crippen molar-refractivity contribution in [2.24, 2.45) is 0 Å². The van der Waals surface area contributed by atoms with E-state index < -0.39 is 0 Å². The van der Waals surface area contributed by atoms with Crippen molar-refractivity contribution in [2.75, 3.05) is 11.4 Å². The second-order valence-electron chi connectivity index (χ2n) is 3.62. The molecule has 2 aromatic heterocycles. The maximum atomic E-state index is 5.68. The number of anilines is 1. The van der Waals surface area contributed by atoms with Crippen LogP contribution < -0.4 is 4.90 Å². The standard InChI is InChI=1S/C9H10ClN5O/c10-3-7-5-16-9(12-7)14-1-2-15-6-11-13-8(15)4-14/h5-6H,1-4H2. The highest BCUT2D eigenvalue weighted by atomic mass is 35.5. The Morgan fingerprint density at radius 2 is 2.38 bits per heavy atom. The van der Waals surface area contributed by atoms with Crippen LogP contribution in [0.25, 0.3) is 0 Å². The summed E-state index contributed by atoms with van der Waals surface area (Å²) in [6.45, 7) is 2.36. The topological polar surface area (TPSA) is 60.0 Å². The molecular weight excluding hydrogens is 230 g/mol. The summed E-state index contributed by atoms with van der Waals surface area (Å²) in [5, 5.41) is 7.90. The van der Waals surface area contributed by atoms with Gasteiger partial charge in [-0.15, -0.1) is 21.8 Å². The number of fused-ring (bicyclic) bond motifs is 1. The summed E-state index contributed by atoms with van der Waals surface area (Å²) in [5.74, 6) is 1.30. The fraction of sp³-hybridized carbons (Fsp3) is 0.444. The van der Waals surface area contributed by atoms with E-state index in [2.05, 4.69) is 15.2 Å². The summed E-state index contributed by atoms with van der Waals surface area (Å²) < 4.78 is 7.39. The Kier molecular flexibility index (Phi) is 2.28. The molecule has 84 valence electrons. The Morgan fingerprint density at radius 3 is 3.19 bits per heavy atom. The molecule has 1 aliphatic heterocycles. The lowest BCUT2D eigenvalue weighted by atomic mass is 10.4. The SMILES string of the molecule is ClCc1coc(N2CCn3cnnc3C2)n1. The van der Waals surface area contributed by atoms with Crippen molar-refractivity contribution in [1.82, 2.24) is 19.7 Å². The highest BCUT2D eigenvalue weighted by Crippen LogP contribution is 2.19. The number of nitrogens with zero attached hydrogens (tertiary/aromatic N) is 5. The number of hydrogen-bond acceptors (Lipinski definition) is 5. The zero-order valence-corrected chi connectivity index (χ0v) is 9.26. The molecule has 3 heterocycles. The molecule has 2 aromatic rings. The minimum Gasteiger partial charge on any atom is -0.432 e. The van der Waals surface area contributed by atoms with Crippen molar-refractivity contribution in [3.05, 3.63) is 24.1 Å². The molecule has 3 rings (SSSR count). The van der Waals surface area contributed by atoms with Gasteiger partial charge in [0, 0.05) is 13.1 Å². The van der Waals surface area contributed by atoms with E-state index in [0.29, 0.717) is 18.4 Å². The van der Waals surface area contributed by atoms with E-state index in [4.69, 9.17) is 16.0 Å². The first-order valence-corrected chi connectivity index (χ1v) is 5.52. The first-order chi connectivity index (χ1) is 7.86. The van der Waals surface area contributed by atoms with E-state index in [0.717, 1.165) is 24.6 Å². The van der Waals surface area contributed by atoms with Crippen LogP contribution in [0.5, 0.6) is 0 Å². The zero-order valence-electron chi connectivity index (χ0n) is 8.51. The molecule has 1 aliphatic rings. The van der Waals surface area contributed by atoms with Crippen LogP contribution in [0.4, 0.5) is 6.01 Å². The lowest BCUT2D eigenvalue weighted by Gasteiger charge is -2.25. The van der Waals surface area contributed by atoms with Crippen molar-refractivity contribution in [2.45, 2.75) is 19.0 Å². The second-order valence-corrected chi connectivity index (χ2v) is 3.88. The summed E-state index contributed by atoms with van der Waals surface area (Å²) >= 11 is 5.68. The summed E-state index contributed by atoms with van der Waals surface area (Å²) in [6, 6.07) is 0.602. The molecule has 0 spiro atoms. The Bertz CT molecular complexity index is 494. The normalized spacial score (nSPS) is 15.2. The number of oxazole rings is 1. The molecule has 16 heavy (non-hydrogen) atoms. The lowest BCUT2D eigenvalue weighted by Crippen LogP contribution is -2.33. The monoisotopic (exact) mass is 239 g/mol. The molecular formula is C9H10ClN5O. The average Bonchev–Trinajstić information content (AvgIpc) is 2.96. The fourth-order valence-electron chi connectivity index (χ4n) is 1.73. The highest BCUT2D eigenvalue weighted by Gasteiger charge is 2.21. The molecule has 0 saturated carbocycles. The van der Waals surface area contributed by atoms with Crippen LogP contribution in [-0.2, 0) is 19.0 Å². The summed E-state index contributed by atoms with van der Waals surface area (Å²) in [5.41, 5.74) is 0.753. The lowest BCUT2D eigenvalue weighted by molar-refractivity contribution is 0.484. The van der Waals surface area contributed by atoms with Gasteiger partial charge in [-0.2, -0.15) is 4.98 Å². The van der Waals surface area contributed by atoms with Crippen LogP contribution in [-0.4, -0.2) is 26.3 Å². The molecule has 0 N–H and O–H groups in total. The van der Waals surface area contributed by atoms with Crippen LogP contribution >= 0.6 is 11.6 Å². The molecule has 0 aromatic carbocycles. The summed E-state index contributed by atoms with van der Waals surface area (Å²) in [4.78, 5) is 6.31. The highest BCUT2D eigenvalue weighted by molar-refractivity contribution is 6.16. The largest absolute Gasteiger partial charge is 0.432 e. The third-order valence-corrected chi connectivity index (χ3v) is 2.86. The average molecular weight is 240 g/mol. The fourth-order valence-corrected chi connectivity index (χ4v) is 1.86. The van der Waals surface area contributed by atoms with Crippen molar-refractivity contribution in [3.8, 4) is 0 Å². The van der Waals surface area contributed by atoms with Gasteiger partial charge in [0.25, 0.3) is 6.01 Å². The maximum absolute atomic E-state index is 5.68. The van der Waals surface area contributed by atoms with Gasteiger partial charge in [-0.05, 0) is 0 Å². The van der Waals surface area contributed by atoms with Gasteiger partial charge in [0.05, 0.1) is 18.1 Å². The number of halogens is 1. The number of rotatable bonds is 2. The Hall–Kier alpha value is -1.56. The zero-order chi connectivity index (χ0) is 11.0. The maximum Gasteiger partial charge on any atom is 0.297 e. The van der Waals surface area contributed by atoms with E-state index in [1.807, 2.05) is 9.47 Å². The number of alkyl halides is 1. The van der Waals surface area contributed by atoms with Gasteiger partial charge in [-0.1, -0.05) is 0 Å². The van der Waals surface area contributed by atoms with E-state index >= 15 is 0 Å². The van der Waals surface area contributed by atoms with Gasteiger partial charge < -0.3 is 13.9 Å². The number of aromatic nitrogens is 4. The van der Waals surface area contributed by atoms with Gasteiger partial charge in [0.2, 0.25) is 0 Å². The molecule has 0 unspecified atom stereocenters. The van der Waals surface area contributed by atoms with Crippen LogP contribution in [0.15, 0.2) is 17.0 Å². The van der Waals surface area contributed by atoms with Crippen LogP contribution in [0.2, 0.25) is 0 Å². The predicted molar refractivity (Wildman–Crippen MR) is 57.1 cm³/mol. The Morgan fingerprint density at radius 1 is 1.44 bits per heavy atom. The van der Waals surface area contributed by atoms with Crippen molar-refractivity contribution in [3.63, 3.8) is 0 Å². The molecule has 0 atom stereocenters. The minimum atomic E-state index is 0.369. The quantitative estimate of drug-likeness (QED) is 0.733. The number of hydrogen-bond donors (Lipinski definition) is 0. The second kappa shape index (κ2) is 3.79. The van der Waals surface area contributed by atoms with E-state index in [1.54, 1.807) is 12.6 Å². The van der Waals surface area contributed by atoms with Gasteiger partial charge in [-0.3, -0.25) is 0 Å². The van der Waals surface area contributed by atoms with Crippen LogP contribution in [0, 0.1) is 0 Å². The molecule has 0 saturated heterocycles. The third-order valence-electron chi connectivity index (χ3n) is 2.59. The summed E-state index contributed by atoms with van der Waals surface area (Å²) in [7, 11) is 0. The van der Waals surface area contributed by atoms with Gasteiger partial charge in [0.1, 0.15) is 12.6 Å². The predicted octanol–water partition coefficient (Wildman–Crippen LogP) is 1.03. The molecule has 0 bridgehead atoms. The molecule has 7 heteroatoms. The Labute approximate surface area is 96.8 Å². The smallest absolute Gasteiger partial charge is 0.297 e. The van der Waals surface area contributed by atoms with Crippen molar-refractivity contribution < 1.29 is 4.42 Å². The van der Waals surface area contributed by atoms with Gasteiger partial charge >= 0.3 is 0 Å². The van der Waals surface area contributed by atoms with Gasteiger partial charge in [0.15, 0.2) is 5.82 Å². The third kappa shape index (κ3) is 1.55. The molecule has 0 radical (unpaired) electrons. The molecule has 0 amide bonds. The van der Waals surface area contributed by atoms with Gasteiger partial charge in [-0.25, -0.2) is 0 Å². The van der Waals surface area contributed by atoms with E-state index in [9.17, 15) is 0 Å². The van der Waals surface area contributed by atoms with E-state index in [-0.39, 0.29) is 0 Å². The Balaban J connectivity index is 1.83. The van der Waals surface area contributed by atoms with Crippen molar-refractivity contribution >= 4 is 17.6 Å². The van der Waals surface area contributed by atoms with Crippen LogP contribution in [0.1, 0.15) is 11.5 Å².